The molecule has 2 fully saturated rings. The summed E-state index contributed by atoms with van der Waals surface area (Å²) < 4.78 is 15.4. The smallest absolute Gasteiger partial charge is 0.147 e. The molecule has 4 atom stereocenters. The minimum Gasteiger partial charge on any atom is -0.507 e. The van der Waals surface area contributed by atoms with E-state index in [-0.39, 0.29) is 17.3 Å². The summed E-state index contributed by atoms with van der Waals surface area (Å²) in [6.45, 7) is 4.15. The summed E-state index contributed by atoms with van der Waals surface area (Å²) in [6, 6.07) is 5.02. The Hall–Kier alpha value is -3.07. The molecule has 0 radical (unpaired) electrons. The number of aromatic nitrogens is 5. The van der Waals surface area contributed by atoms with E-state index in [2.05, 4.69) is 32.4 Å². The van der Waals surface area contributed by atoms with Crippen molar-refractivity contribution in [3.05, 3.63) is 36.8 Å². The van der Waals surface area contributed by atoms with E-state index in [1.807, 2.05) is 24.9 Å². The van der Waals surface area contributed by atoms with Crippen molar-refractivity contribution in [2.24, 2.45) is 7.05 Å². The molecule has 5 rings (SSSR count). The SMILES string of the molecule is CN(c1cnc(-c2ccc(-c3cnn(C)n3)cc2O)cn1)[C@@H]1C[C@@]2(C)CC[C@](C)(N2)[C@@H]1F. The lowest BCUT2D eigenvalue weighted by atomic mass is 9.82. The maximum atomic E-state index is 15.4. The Labute approximate surface area is 186 Å². The predicted molar refractivity (Wildman–Crippen MR) is 120 cm³/mol. The molecular weight excluding hydrogens is 409 g/mol. The van der Waals surface area contributed by atoms with Crippen molar-refractivity contribution in [3.63, 3.8) is 0 Å². The number of nitrogens with zero attached hydrogens (tertiary/aromatic N) is 6. The van der Waals surface area contributed by atoms with Gasteiger partial charge in [0.05, 0.1) is 30.3 Å². The van der Waals surface area contributed by atoms with Crippen molar-refractivity contribution in [1.82, 2.24) is 30.3 Å². The Kier molecular flexibility index (Phi) is 4.70. The fraction of sp³-hybridized carbons (Fsp3) is 0.478. The number of piperidine rings is 1. The second-order valence-electron chi connectivity index (χ2n) is 9.60. The van der Waals surface area contributed by atoms with Gasteiger partial charge in [-0.05, 0) is 45.2 Å². The van der Waals surface area contributed by atoms with Crippen LogP contribution < -0.4 is 10.2 Å². The monoisotopic (exact) mass is 437 g/mol. The molecule has 168 valence electrons. The van der Waals surface area contributed by atoms with Gasteiger partial charge in [-0.1, -0.05) is 6.07 Å². The molecule has 3 aromatic rings. The minimum atomic E-state index is -0.998. The van der Waals surface area contributed by atoms with E-state index in [4.69, 9.17) is 0 Å². The second kappa shape index (κ2) is 7.23. The van der Waals surface area contributed by atoms with Crippen LogP contribution in [0.3, 0.4) is 0 Å². The van der Waals surface area contributed by atoms with Crippen LogP contribution in [0.15, 0.2) is 36.8 Å². The summed E-state index contributed by atoms with van der Waals surface area (Å²) in [6.07, 6.45) is 6.44. The van der Waals surface area contributed by atoms with E-state index < -0.39 is 11.7 Å². The zero-order valence-electron chi connectivity index (χ0n) is 18.7. The molecule has 8 nitrogen and oxygen atoms in total. The predicted octanol–water partition coefficient (Wildman–Crippen LogP) is 3.09. The molecule has 1 aromatic carbocycles. The van der Waals surface area contributed by atoms with E-state index in [9.17, 15) is 5.11 Å². The Morgan fingerprint density at radius 3 is 2.62 bits per heavy atom. The largest absolute Gasteiger partial charge is 0.507 e. The first-order chi connectivity index (χ1) is 15.2. The van der Waals surface area contributed by atoms with Gasteiger partial charge >= 0.3 is 0 Å². The van der Waals surface area contributed by atoms with Gasteiger partial charge < -0.3 is 15.3 Å². The average Bonchev–Trinajstić information content (AvgIpc) is 3.32. The van der Waals surface area contributed by atoms with Gasteiger partial charge in [-0.3, -0.25) is 4.98 Å². The van der Waals surface area contributed by atoms with E-state index in [0.717, 1.165) is 18.4 Å². The first-order valence-electron chi connectivity index (χ1n) is 10.9. The topological polar surface area (TPSA) is 92.0 Å². The molecule has 2 saturated heterocycles. The van der Waals surface area contributed by atoms with Gasteiger partial charge in [-0.2, -0.15) is 15.0 Å². The lowest BCUT2D eigenvalue weighted by Gasteiger charge is -2.47. The van der Waals surface area contributed by atoms with E-state index in [1.165, 1.54) is 4.80 Å². The quantitative estimate of drug-likeness (QED) is 0.648. The van der Waals surface area contributed by atoms with Crippen molar-refractivity contribution >= 4 is 5.82 Å². The van der Waals surface area contributed by atoms with Crippen molar-refractivity contribution in [3.8, 4) is 28.3 Å². The lowest BCUT2D eigenvalue weighted by Crippen LogP contribution is -2.65. The number of halogens is 1. The van der Waals surface area contributed by atoms with Gasteiger partial charge in [0.1, 0.15) is 23.4 Å². The molecule has 2 aromatic heterocycles. The van der Waals surface area contributed by atoms with E-state index in [1.54, 1.807) is 37.8 Å². The van der Waals surface area contributed by atoms with Crippen LogP contribution in [0.5, 0.6) is 5.75 Å². The Bertz CT molecular complexity index is 1150. The minimum absolute atomic E-state index is 0.0553. The molecule has 0 saturated carbocycles. The summed E-state index contributed by atoms with van der Waals surface area (Å²) in [4.78, 5) is 12.4. The highest BCUT2D eigenvalue weighted by Gasteiger charge is 2.56. The number of hydrogen-bond donors (Lipinski definition) is 2. The lowest BCUT2D eigenvalue weighted by molar-refractivity contribution is 0.0859. The summed E-state index contributed by atoms with van der Waals surface area (Å²) in [7, 11) is 3.62. The number of hydrogen-bond acceptors (Lipinski definition) is 7. The average molecular weight is 438 g/mol. The number of benzene rings is 1. The number of anilines is 1. The van der Waals surface area contributed by atoms with Crippen molar-refractivity contribution in [2.45, 2.75) is 56.4 Å². The Morgan fingerprint density at radius 2 is 1.97 bits per heavy atom. The van der Waals surface area contributed by atoms with Gasteiger partial charge in [0, 0.05) is 36.3 Å². The number of rotatable bonds is 4. The fourth-order valence-corrected chi connectivity index (χ4v) is 5.23. The summed E-state index contributed by atoms with van der Waals surface area (Å²) in [5.41, 5.74) is 2.00. The van der Waals surface area contributed by atoms with Crippen molar-refractivity contribution < 1.29 is 9.50 Å². The van der Waals surface area contributed by atoms with Crippen LogP contribution in [0.1, 0.15) is 33.1 Å². The number of aromatic hydroxyl groups is 1. The third-order valence-electron chi connectivity index (χ3n) is 7.06. The molecule has 2 aliphatic heterocycles. The third kappa shape index (κ3) is 3.40. The number of aryl methyl sites for hydroxylation is 1. The molecule has 2 N–H and O–H groups in total. The maximum Gasteiger partial charge on any atom is 0.147 e. The molecular formula is C23H28FN7O. The maximum absolute atomic E-state index is 15.4. The summed E-state index contributed by atoms with van der Waals surface area (Å²) >= 11 is 0. The molecule has 0 aliphatic carbocycles. The highest BCUT2D eigenvalue weighted by Crippen LogP contribution is 2.45. The number of nitrogens with one attached hydrogen (secondary N) is 1. The molecule has 2 aliphatic rings. The van der Waals surface area contributed by atoms with Crippen LogP contribution in [0.2, 0.25) is 0 Å². The van der Waals surface area contributed by atoms with Crippen molar-refractivity contribution in [1.29, 1.82) is 0 Å². The molecule has 9 heteroatoms. The number of phenolic OH excluding ortho intramolecular Hbond substituents is 1. The Morgan fingerprint density at radius 1 is 1.16 bits per heavy atom. The van der Waals surface area contributed by atoms with Crippen LogP contribution >= 0.6 is 0 Å². The highest BCUT2D eigenvalue weighted by molar-refractivity contribution is 5.72. The number of alkyl halides is 1. The molecule has 0 spiro atoms. The zero-order chi connectivity index (χ0) is 22.7. The third-order valence-corrected chi connectivity index (χ3v) is 7.06. The van der Waals surface area contributed by atoms with Gasteiger partial charge in [-0.15, -0.1) is 0 Å². The summed E-state index contributed by atoms with van der Waals surface area (Å²) in [5.74, 6) is 0.703. The standard InChI is InChI=1S/C23H28FN7O/c1-22-7-8-23(2,29-22)21(24)18(10-22)30(3)20-13-25-17(11-26-20)15-6-5-14(9-19(15)32)16-12-27-31(4)28-16/h5-6,9,11-13,18,21,29,32H,7-8,10H2,1-4H3/t18-,21-,22-,23+/m1/s1. The normalized spacial score (nSPS) is 29.3. The first-order valence-corrected chi connectivity index (χ1v) is 10.9. The van der Waals surface area contributed by atoms with Gasteiger partial charge in [0.2, 0.25) is 0 Å². The van der Waals surface area contributed by atoms with Crippen molar-refractivity contribution in [2.75, 3.05) is 11.9 Å². The van der Waals surface area contributed by atoms with Crippen LogP contribution in [0, 0.1) is 0 Å². The Balaban J connectivity index is 1.37. The second-order valence-corrected chi connectivity index (χ2v) is 9.60. The molecule has 2 bridgehead atoms. The molecule has 4 heterocycles. The van der Waals surface area contributed by atoms with E-state index >= 15 is 4.39 Å². The fourth-order valence-electron chi connectivity index (χ4n) is 5.23. The van der Waals surface area contributed by atoms with Gasteiger partial charge in [-0.25, -0.2) is 9.37 Å². The van der Waals surface area contributed by atoms with Gasteiger partial charge in [0.25, 0.3) is 0 Å². The molecule has 0 unspecified atom stereocenters. The van der Waals surface area contributed by atoms with Crippen LogP contribution in [-0.2, 0) is 7.05 Å². The molecule has 32 heavy (non-hydrogen) atoms. The van der Waals surface area contributed by atoms with Crippen LogP contribution in [-0.4, -0.2) is 60.4 Å². The van der Waals surface area contributed by atoms with Crippen LogP contribution in [0.4, 0.5) is 10.2 Å². The number of fused-ring (bicyclic) bond motifs is 2. The van der Waals surface area contributed by atoms with Gasteiger partial charge in [0.15, 0.2) is 0 Å². The molecule has 0 amide bonds. The number of phenols is 1. The highest BCUT2D eigenvalue weighted by atomic mass is 19.1. The van der Waals surface area contributed by atoms with E-state index in [0.29, 0.717) is 29.2 Å². The zero-order valence-corrected chi connectivity index (χ0v) is 18.7. The first kappa shape index (κ1) is 20.8. The summed E-state index contributed by atoms with van der Waals surface area (Å²) in [5, 5.41) is 22.4. The van der Waals surface area contributed by atoms with Crippen LogP contribution in [0.25, 0.3) is 22.5 Å².